The van der Waals surface area contributed by atoms with Gasteiger partial charge in [0.1, 0.15) is 9.30 Å². The van der Waals surface area contributed by atoms with Crippen LogP contribution in [-0.4, -0.2) is 52.7 Å². The van der Waals surface area contributed by atoms with Gasteiger partial charge in [-0.2, -0.15) is 5.10 Å². The second kappa shape index (κ2) is 7.82. The number of aromatic nitrogens is 2. The molecule has 2 aliphatic rings. The molecule has 0 N–H and O–H groups in total. The summed E-state index contributed by atoms with van der Waals surface area (Å²) in [5.41, 5.74) is 0.881. The van der Waals surface area contributed by atoms with Gasteiger partial charge in [-0.25, -0.2) is 4.79 Å². The van der Waals surface area contributed by atoms with Crippen molar-refractivity contribution < 1.29 is 14.3 Å². The molecule has 25 heavy (non-hydrogen) atoms. The Morgan fingerprint density at radius 2 is 1.88 bits per heavy atom. The van der Waals surface area contributed by atoms with Crippen molar-refractivity contribution in [2.24, 2.45) is 0 Å². The fourth-order valence-electron chi connectivity index (χ4n) is 3.59. The van der Waals surface area contributed by atoms with E-state index in [2.05, 4.69) is 33.3 Å². The van der Waals surface area contributed by atoms with Crippen molar-refractivity contribution in [3.05, 3.63) is 15.5 Å². The van der Waals surface area contributed by atoms with Crippen LogP contribution in [0.15, 0.2) is 6.07 Å². The zero-order chi connectivity index (χ0) is 18.0. The lowest BCUT2D eigenvalue weighted by molar-refractivity contribution is 0.0201. The first-order valence-electron chi connectivity index (χ1n) is 9.14. The zero-order valence-corrected chi connectivity index (χ0v) is 17.5. The Labute approximate surface area is 163 Å². The van der Waals surface area contributed by atoms with E-state index in [1.54, 1.807) is 0 Å². The van der Waals surface area contributed by atoms with Crippen molar-refractivity contribution in [3.8, 4) is 0 Å². The van der Waals surface area contributed by atoms with Gasteiger partial charge in [0.15, 0.2) is 0 Å². The number of nitrogens with zero attached hydrogens (tertiary/aromatic N) is 3. The van der Waals surface area contributed by atoms with Gasteiger partial charge in [-0.05, 0) is 75.1 Å². The molecular formula is C18H28IN3O3. The van der Waals surface area contributed by atoms with Gasteiger partial charge in [-0.15, -0.1) is 0 Å². The third-order valence-electron chi connectivity index (χ3n) is 4.84. The summed E-state index contributed by atoms with van der Waals surface area (Å²) in [6.45, 7) is 8.85. The number of halogens is 1. The number of piperidine rings is 1. The van der Waals surface area contributed by atoms with E-state index in [-0.39, 0.29) is 6.09 Å². The van der Waals surface area contributed by atoms with Gasteiger partial charge >= 0.3 is 6.09 Å². The maximum Gasteiger partial charge on any atom is 0.410 e. The number of amides is 1. The van der Waals surface area contributed by atoms with Crippen LogP contribution in [0.3, 0.4) is 0 Å². The Kier molecular flexibility index (Phi) is 5.92. The van der Waals surface area contributed by atoms with E-state index in [1.807, 2.05) is 25.7 Å². The fraction of sp³-hybridized carbons (Fsp3) is 0.778. The van der Waals surface area contributed by atoms with Crippen LogP contribution in [0.1, 0.15) is 64.1 Å². The van der Waals surface area contributed by atoms with Gasteiger partial charge in [0.25, 0.3) is 0 Å². The molecule has 2 saturated heterocycles. The predicted octanol–water partition coefficient (Wildman–Crippen LogP) is 3.95. The number of hydrogen-bond donors (Lipinski definition) is 0. The molecule has 3 heterocycles. The predicted molar refractivity (Wildman–Crippen MR) is 104 cm³/mol. The Balaban J connectivity index is 1.64. The highest BCUT2D eigenvalue weighted by atomic mass is 127. The molecule has 0 spiro atoms. The van der Waals surface area contributed by atoms with Crippen molar-refractivity contribution in [2.45, 2.75) is 64.0 Å². The second-order valence-corrected chi connectivity index (χ2v) is 9.03. The number of likely N-dealkylation sites (tertiary alicyclic amines) is 1. The summed E-state index contributed by atoms with van der Waals surface area (Å²) in [6.07, 6.45) is 3.79. The number of rotatable bonds is 2. The standard InChI is InChI=1S/C18H28IN3O3/c1-18(2,3)25-17(23)21-8-4-13(5-9-21)15-12-16(19)20-22(15)14-6-10-24-11-7-14/h12-14H,4-11H2,1-3H3. The Morgan fingerprint density at radius 3 is 2.48 bits per heavy atom. The summed E-state index contributed by atoms with van der Waals surface area (Å²) in [5.74, 6) is 0.456. The van der Waals surface area contributed by atoms with Gasteiger partial charge in [0.05, 0.1) is 6.04 Å². The minimum absolute atomic E-state index is 0.196. The summed E-state index contributed by atoms with van der Waals surface area (Å²) >= 11 is 2.30. The second-order valence-electron chi connectivity index (χ2n) is 7.92. The lowest BCUT2D eigenvalue weighted by atomic mass is 9.93. The lowest BCUT2D eigenvalue weighted by Crippen LogP contribution is -2.41. The molecule has 3 rings (SSSR count). The highest BCUT2D eigenvalue weighted by molar-refractivity contribution is 14.1. The number of hydrogen-bond acceptors (Lipinski definition) is 4. The van der Waals surface area contributed by atoms with Crippen LogP contribution in [-0.2, 0) is 9.47 Å². The van der Waals surface area contributed by atoms with Gasteiger partial charge in [0.2, 0.25) is 0 Å². The third-order valence-corrected chi connectivity index (χ3v) is 5.36. The van der Waals surface area contributed by atoms with Crippen molar-refractivity contribution in [3.63, 3.8) is 0 Å². The van der Waals surface area contributed by atoms with Crippen molar-refractivity contribution >= 4 is 28.7 Å². The minimum Gasteiger partial charge on any atom is -0.444 e. The SMILES string of the molecule is CC(C)(C)OC(=O)N1CCC(c2cc(I)nn2C2CCOCC2)CC1. The van der Waals surface area contributed by atoms with Crippen LogP contribution in [0.25, 0.3) is 0 Å². The largest absolute Gasteiger partial charge is 0.444 e. The molecule has 7 heteroatoms. The smallest absolute Gasteiger partial charge is 0.410 e. The van der Waals surface area contributed by atoms with Crippen LogP contribution >= 0.6 is 22.6 Å². The molecule has 0 bridgehead atoms. The number of ether oxygens (including phenoxy) is 2. The van der Waals surface area contributed by atoms with Crippen LogP contribution in [0.4, 0.5) is 4.79 Å². The van der Waals surface area contributed by atoms with Crippen LogP contribution in [0, 0.1) is 3.70 Å². The highest BCUT2D eigenvalue weighted by Gasteiger charge is 2.30. The summed E-state index contributed by atoms with van der Waals surface area (Å²) in [7, 11) is 0. The first kappa shape index (κ1) is 18.9. The van der Waals surface area contributed by atoms with E-state index in [0.29, 0.717) is 12.0 Å². The van der Waals surface area contributed by atoms with Crippen LogP contribution in [0.2, 0.25) is 0 Å². The van der Waals surface area contributed by atoms with E-state index in [9.17, 15) is 4.79 Å². The molecule has 1 aromatic rings. The molecule has 0 aromatic carbocycles. The first-order chi connectivity index (χ1) is 11.8. The molecule has 0 aliphatic carbocycles. The summed E-state index contributed by atoms with van der Waals surface area (Å²) in [4.78, 5) is 14.1. The molecule has 0 saturated carbocycles. The van der Waals surface area contributed by atoms with Gasteiger partial charge in [-0.3, -0.25) is 4.68 Å². The lowest BCUT2D eigenvalue weighted by Gasteiger charge is -2.34. The molecule has 2 aliphatic heterocycles. The van der Waals surface area contributed by atoms with E-state index in [1.165, 1.54) is 5.69 Å². The Hall–Kier alpha value is -0.830. The van der Waals surface area contributed by atoms with E-state index < -0.39 is 5.60 Å². The molecule has 1 aromatic heterocycles. The molecule has 2 fully saturated rings. The molecule has 140 valence electrons. The monoisotopic (exact) mass is 461 g/mol. The maximum atomic E-state index is 12.2. The van der Waals surface area contributed by atoms with Gasteiger partial charge in [-0.1, -0.05) is 0 Å². The van der Waals surface area contributed by atoms with Crippen molar-refractivity contribution in [1.29, 1.82) is 0 Å². The minimum atomic E-state index is -0.439. The van der Waals surface area contributed by atoms with E-state index >= 15 is 0 Å². The maximum absolute atomic E-state index is 12.2. The molecule has 0 atom stereocenters. The first-order valence-corrected chi connectivity index (χ1v) is 10.2. The molecular weight excluding hydrogens is 433 g/mol. The molecule has 0 radical (unpaired) electrons. The van der Waals surface area contributed by atoms with E-state index in [0.717, 1.165) is 55.7 Å². The topological polar surface area (TPSA) is 56.6 Å². The molecule has 6 nitrogen and oxygen atoms in total. The van der Waals surface area contributed by atoms with Gasteiger partial charge < -0.3 is 14.4 Å². The normalized spacial score (nSPS) is 20.7. The van der Waals surface area contributed by atoms with Crippen molar-refractivity contribution in [2.75, 3.05) is 26.3 Å². The summed E-state index contributed by atoms with van der Waals surface area (Å²) in [5, 5.41) is 4.75. The van der Waals surface area contributed by atoms with E-state index in [4.69, 9.17) is 14.6 Å². The van der Waals surface area contributed by atoms with Crippen LogP contribution in [0.5, 0.6) is 0 Å². The average Bonchev–Trinajstić information content (AvgIpc) is 2.96. The molecule has 0 unspecified atom stereocenters. The highest BCUT2D eigenvalue weighted by Crippen LogP contribution is 2.33. The number of carbonyl (C=O) groups is 1. The number of carbonyl (C=O) groups excluding carboxylic acids is 1. The fourth-order valence-corrected chi connectivity index (χ4v) is 4.14. The summed E-state index contributed by atoms with van der Waals surface area (Å²) < 4.78 is 14.3. The third kappa shape index (κ3) is 4.87. The van der Waals surface area contributed by atoms with Crippen LogP contribution < -0.4 is 0 Å². The van der Waals surface area contributed by atoms with Gasteiger partial charge in [0, 0.05) is 37.9 Å². The average molecular weight is 461 g/mol. The Morgan fingerprint density at radius 1 is 1.24 bits per heavy atom. The Bertz CT molecular complexity index is 597. The summed E-state index contributed by atoms with van der Waals surface area (Å²) in [6, 6.07) is 2.65. The zero-order valence-electron chi connectivity index (χ0n) is 15.3. The van der Waals surface area contributed by atoms with Crippen molar-refractivity contribution in [1.82, 2.24) is 14.7 Å². The molecule has 1 amide bonds. The quantitative estimate of drug-likeness (QED) is 0.626.